The highest BCUT2D eigenvalue weighted by Gasteiger charge is 2.22. The average molecular weight is 459 g/mol. The van der Waals surface area contributed by atoms with Gasteiger partial charge in [0.2, 0.25) is 5.91 Å². The monoisotopic (exact) mass is 458 g/mol. The van der Waals surface area contributed by atoms with Gasteiger partial charge in [-0.3, -0.25) is 4.79 Å². The van der Waals surface area contributed by atoms with E-state index in [2.05, 4.69) is 19.2 Å². The number of nitrogens with zero attached hydrogens (tertiary/aromatic N) is 3. The third-order valence-corrected chi connectivity index (χ3v) is 5.54. The standard InChI is InChI=1S/C25H38N4O4/c1-20(2)21-9-11-22(12-10-21)26-25(31)29(14-7-16-32-4)19-24(30)28(15-17-33-5)18-23-8-6-13-27(23)3/h6,8-13,20H,7,14-19H2,1-5H3,(H,26,31). The number of rotatable bonds is 13. The van der Waals surface area contributed by atoms with Gasteiger partial charge < -0.3 is 29.2 Å². The van der Waals surface area contributed by atoms with Crippen LogP contribution in [0.5, 0.6) is 0 Å². The molecule has 0 fully saturated rings. The fourth-order valence-electron chi connectivity index (χ4n) is 3.42. The SMILES string of the molecule is COCCCN(CC(=O)N(CCOC)Cc1cccn1C)C(=O)Nc1ccc(C(C)C)cc1. The number of benzene rings is 1. The first-order valence-corrected chi connectivity index (χ1v) is 11.4. The first-order valence-electron chi connectivity index (χ1n) is 11.4. The van der Waals surface area contributed by atoms with Crippen LogP contribution in [0.2, 0.25) is 0 Å². The molecule has 1 heterocycles. The van der Waals surface area contributed by atoms with Crippen LogP contribution in [-0.4, -0.2) is 73.4 Å². The Morgan fingerprint density at radius 1 is 1.00 bits per heavy atom. The van der Waals surface area contributed by atoms with Crippen LogP contribution in [0.4, 0.5) is 10.5 Å². The Hall–Kier alpha value is -2.84. The first-order chi connectivity index (χ1) is 15.8. The first kappa shape index (κ1) is 26.4. The van der Waals surface area contributed by atoms with Crippen molar-refractivity contribution in [3.05, 3.63) is 53.9 Å². The molecule has 0 atom stereocenters. The van der Waals surface area contributed by atoms with E-state index >= 15 is 0 Å². The van der Waals surface area contributed by atoms with Crippen LogP contribution in [0.25, 0.3) is 0 Å². The van der Waals surface area contributed by atoms with Crippen molar-refractivity contribution in [2.75, 3.05) is 52.4 Å². The number of amides is 3. The summed E-state index contributed by atoms with van der Waals surface area (Å²) in [5.41, 5.74) is 2.92. The molecule has 8 nitrogen and oxygen atoms in total. The molecule has 0 aliphatic heterocycles. The minimum absolute atomic E-state index is 0.0201. The molecule has 182 valence electrons. The van der Waals surface area contributed by atoms with Gasteiger partial charge in [-0.1, -0.05) is 26.0 Å². The molecular weight excluding hydrogens is 420 g/mol. The normalized spacial score (nSPS) is 11.0. The summed E-state index contributed by atoms with van der Waals surface area (Å²) in [6.45, 7) is 6.49. The number of carbonyl (C=O) groups excluding carboxylic acids is 2. The van der Waals surface area contributed by atoms with Crippen LogP contribution in [0.3, 0.4) is 0 Å². The lowest BCUT2D eigenvalue weighted by Gasteiger charge is -2.28. The van der Waals surface area contributed by atoms with Gasteiger partial charge in [-0.2, -0.15) is 0 Å². The number of nitrogens with one attached hydrogen (secondary N) is 1. The summed E-state index contributed by atoms with van der Waals surface area (Å²) in [4.78, 5) is 29.5. The molecule has 2 rings (SSSR count). The van der Waals surface area contributed by atoms with E-state index in [-0.39, 0.29) is 18.5 Å². The number of anilines is 1. The van der Waals surface area contributed by atoms with Crippen molar-refractivity contribution >= 4 is 17.6 Å². The zero-order valence-corrected chi connectivity index (χ0v) is 20.5. The zero-order chi connectivity index (χ0) is 24.2. The van der Waals surface area contributed by atoms with Crippen LogP contribution >= 0.6 is 0 Å². The van der Waals surface area contributed by atoms with Crippen molar-refractivity contribution in [1.29, 1.82) is 0 Å². The van der Waals surface area contributed by atoms with E-state index in [1.807, 2.05) is 54.2 Å². The summed E-state index contributed by atoms with van der Waals surface area (Å²) in [5.74, 6) is 0.288. The highest BCUT2D eigenvalue weighted by Crippen LogP contribution is 2.17. The molecule has 0 radical (unpaired) electrons. The minimum atomic E-state index is -0.303. The Morgan fingerprint density at radius 3 is 2.27 bits per heavy atom. The molecule has 33 heavy (non-hydrogen) atoms. The van der Waals surface area contributed by atoms with Gasteiger partial charge in [0.1, 0.15) is 6.54 Å². The predicted molar refractivity (Wildman–Crippen MR) is 130 cm³/mol. The van der Waals surface area contributed by atoms with E-state index in [0.29, 0.717) is 50.9 Å². The van der Waals surface area contributed by atoms with Gasteiger partial charge in [-0.25, -0.2) is 4.79 Å². The molecule has 0 aliphatic rings. The molecule has 0 bridgehead atoms. The summed E-state index contributed by atoms with van der Waals surface area (Å²) in [5, 5.41) is 2.92. The molecule has 8 heteroatoms. The number of methoxy groups -OCH3 is 2. The van der Waals surface area contributed by atoms with Crippen molar-refractivity contribution in [2.24, 2.45) is 7.05 Å². The predicted octanol–water partition coefficient (Wildman–Crippen LogP) is 3.69. The molecule has 2 aromatic rings. The van der Waals surface area contributed by atoms with Crippen LogP contribution in [0, 0.1) is 0 Å². The highest BCUT2D eigenvalue weighted by molar-refractivity contribution is 5.92. The van der Waals surface area contributed by atoms with E-state index in [9.17, 15) is 9.59 Å². The number of hydrogen-bond donors (Lipinski definition) is 1. The number of urea groups is 1. The average Bonchev–Trinajstić information content (AvgIpc) is 3.20. The van der Waals surface area contributed by atoms with Crippen molar-refractivity contribution in [1.82, 2.24) is 14.4 Å². The summed E-state index contributed by atoms with van der Waals surface area (Å²) in [6.07, 6.45) is 2.59. The fraction of sp³-hybridized carbons (Fsp3) is 0.520. The summed E-state index contributed by atoms with van der Waals surface area (Å²) < 4.78 is 12.3. The molecule has 0 saturated heterocycles. The molecule has 0 unspecified atom stereocenters. The van der Waals surface area contributed by atoms with Gasteiger partial charge >= 0.3 is 6.03 Å². The molecule has 1 aromatic carbocycles. The van der Waals surface area contributed by atoms with Crippen LogP contribution in [0.1, 0.15) is 37.4 Å². The zero-order valence-electron chi connectivity index (χ0n) is 20.5. The summed E-state index contributed by atoms with van der Waals surface area (Å²) in [6, 6.07) is 11.4. The number of ether oxygens (including phenoxy) is 2. The third kappa shape index (κ3) is 8.55. The Bertz CT molecular complexity index is 864. The second kappa shape index (κ2) is 13.6. The molecule has 1 N–H and O–H groups in total. The number of hydrogen-bond acceptors (Lipinski definition) is 4. The largest absolute Gasteiger partial charge is 0.385 e. The third-order valence-electron chi connectivity index (χ3n) is 5.54. The van der Waals surface area contributed by atoms with Crippen LogP contribution in [-0.2, 0) is 27.9 Å². The molecule has 0 aliphatic carbocycles. The van der Waals surface area contributed by atoms with Crippen molar-refractivity contribution in [2.45, 2.75) is 32.7 Å². The van der Waals surface area contributed by atoms with E-state index in [0.717, 1.165) is 5.69 Å². The maximum atomic E-state index is 13.2. The lowest BCUT2D eigenvalue weighted by molar-refractivity contribution is -0.133. The van der Waals surface area contributed by atoms with Crippen LogP contribution in [0.15, 0.2) is 42.6 Å². The smallest absolute Gasteiger partial charge is 0.322 e. The minimum Gasteiger partial charge on any atom is -0.385 e. The van der Waals surface area contributed by atoms with E-state index in [1.165, 1.54) is 5.56 Å². The number of carbonyl (C=O) groups is 2. The number of aryl methyl sites for hydroxylation is 1. The molecule has 1 aromatic heterocycles. The Labute approximate surface area is 197 Å². The van der Waals surface area contributed by atoms with Gasteiger partial charge in [0.15, 0.2) is 0 Å². The van der Waals surface area contributed by atoms with E-state index < -0.39 is 0 Å². The molecular formula is C25H38N4O4. The van der Waals surface area contributed by atoms with Gasteiger partial charge in [-0.05, 0) is 42.2 Å². The van der Waals surface area contributed by atoms with Gasteiger partial charge in [0.25, 0.3) is 0 Å². The van der Waals surface area contributed by atoms with E-state index in [4.69, 9.17) is 9.47 Å². The second-order valence-electron chi connectivity index (χ2n) is 8.39. The maximum absolute atomic E-state index is 13.2. The van der Waals surface area contributed by atoms with Crippen LogP contribution < -0.4 is 5.32 Å². The van der Waals surface area contributed by atoms with Gasteiger partial charge in [0, 0.05) is 58.5 Å². The Kier molecular flexibility index (Phi) is 10.9. The molecule has 0 saturated carbocycles. The van der Waals surface area contributed by atoms with Gasteiger partial charge in [0.05, 0.1) is 13.2 Å². The van der Waals surface area contributed by atoms with Crippen molar-refractivity contribution < 1.29 is 19.1 Å². The van der Waals surface area contributed by atoms with Gasteiger partial charge in [-0.15, -0.1) is 0 Å². The van der Waals surface area contributed by atoms with Crippen molar-refractivity contribution in [3.8, 4) is 0 Å². The summed E-state index contributed by atoms with van der Waals surface area (Å²) >= 11 is 0. The van der Waals surface area contributed by atoms with Crippen molar-refractivity contribution in [3.63, 3.8) is 0 Å². The lowest BCUT2D eigenvalue weighted by Crippen LogP contribution is -2.45. The quantitative estimate of drug-likeness (QED) is 0.465. The highest BCUT2D eigenvalue weighted by atomic mass is 16.5. The molecule has 0 spiro atoms. The Balaban J connectivity index is 2.10. The number of aromatic nitrogens is 1. The molecule has 3 amide bonds. The second-order valence-corrected chi connectivity index (χ2v) is 8.39. The maximum Gasteiger partial charge on any atom is 0.322 e. The topological polar surface area (TPSA) is 76.0 Å². The Morgan fingerprint density at radius 2 is 1.70 bits per heavy atom. The fourth-order valence-corrected chi connectivity index (χ4v) is 3.42. The summed E-state index contributed by atoms with van der Waals surface area (Å²) in [7, 11) is 5.18. The van der Waals surface area contributed by atoms with E-state index in [1.54, 1.807) is 24.0 Å². The lowest BCUT2D eigenvalue weighted by atomic mass is 10.0.